The number of aromatic amines is 1. The van der Waals surface area contributed by atoms with Crippen molar-refractivity contribution in [1.29, 1.82) is 0 Å². The van der Waals surface area contributed by atoms with E-state index in [1.807, 2.05) is 0 Å². The zero-order chi connectivity index (χ0) is 9.97. The van der Waals surface area contributed by atoms with Gasteiger partial charge >= 0.3 is 0 Å². The molecule has 1 aromatic heterocycles. The standard InChI is InChI=1S/C8H13N5O/c9-8-6(5-11-12-8)13-3-1-7(14)10-2-4-13/h5H,1-4H2,(H,10,14)(H3,9,11,12). The number of anilines is 2. The van der Waals surface area contributed by atoms with Gasteiger partial charge in [-0.2, -0.15) is 5.10 Å². The fourth-order valence-corrected chi connectivity index (χ4v) is 1.55. The van der Waals surface area contributed by atoms with Gasteiger partial charge in [-0.3, -0.25) is 9.89 Å². The number of nitrogen functional groups attached to an aromatic ring is 1. The molecule has 2 rings (SSSR count). The molecule has 0 unspecified atom stereocenters. The van der Waals surface area contributed by atoms with E-state index in [1.54, 1.807) is 6.20 Å². The number of H-pyrrole nitrogens is 1. The van der Waals surface area contributed by atoms with E-state index >= 15 is 0 Å². The molecule has 1 saturated heterocycles. The van der Waals surface area contributed by atoms with Crippen molar-refractivity contribution >= 4 is 17.4 Å². The summed E-state index contributed by atoms with van der Waals surface area (Å²) in [5.41, 5.74) is 6.57. The molecule has 0 aliphatic carbocycles. The minimum Gasteiger partial charge on any atom is -0.382 e. The summed E-state index contributed by atoms with van der Waals surface area (Å²) in [5.74, 6) is 0.647. The Morgan fingerprint density at radius 2 is 2.36 bits per heavy atom. The molecule has 4 N–H and O–H groups in total. The highest BCUT2D eigenvalue weighted by Gasteiger charge is 2.16. The smallest absolute Gasteiger partial charge is 0.221 e. The molecule has 0 atom stereocenters. The molecule has 0 bridgehead atoms. The fraction of sp³-hybridized carbons (Fsp3) is 0.500. The van der Waals surface area contributed by atoms with Crippen LogP contribution in [0.5, 0.6) is 0 Å². The monoisotopic (exact) mass is 195 g/mol. The van der Waals surface area contributed by atoms with Crippen molar-refractivity contribution in [3.63, 3.8) is 0 Å². The molecular weight excluding hydrogens is 182 g/mol. The second-order valence-electron chi connectivity index (χ2n) is 3.26. The predicted octanol–water partition coefficient (Wildman–Crippen LogP) is -0.682. The summed E-state index contributed by atoms with van der Waals surface area (Å²) in [4.78, 5) is 13.1. The Labute approximate surface area is 81.5 Å². The number of carbonyl (C=O) groups excluding carboxylic acids is 1. The van der Waals surface area contributed by atoms with Gasteiger partial charge in [0.2, 0.25) is 5.91 Å². The van der Waals surface area contributed by atoms with Crippen molar-refractivity contribution in [3.05, 3.63) is 6.20 Å². The number of hydrogen-bond acceptors (Lipinski definition) is 4. The van der Waals surface area contributed by atoms with Gasteiger partial charge in [-0.15, -0.1) is 0 Å². The summed E-state index contributed by atoms with van der Waals surface area (Å²) < 4.78 is 0. The topological polar surface area (TPSA) is 87.0 Å². The van der Waals surface area contributed by atoms with Crippen molar-refractivity contribution in [2.45, 2.75) is 6.42 Å². The van der Waals surface area contributed by atoms with Crippen LogP contribution in [0, 0.1) is 0 Å². The number of nitrogens with zero attached hydrogens (tertiary/aromatic N) is 2. The van der Waals surface area contributed by atoms with Crippen LogP contribution in [0.2, 0.25) is 0 Å². The highest BCUT2D eigenvalue weighted by Crippen LogP contribution is 2.19. The van der Waals surface area contributed by atoms with Crippen LogP contribution in [0.15, 0.2) is 6.20 Å². The van der Waals surface area contributed by atoms with Gasteiger partial charge in [0.15, 0.2) is 0 Å². The summed E-state index contributed by atoms with van der Waals surface area (Å²) in [6, 6.07) is 0. The first-order chi connectivity index (χ1) is 6.77. The minimum atomic E-state index is 0.0922. The summed E-state index contributed by atoms with van der Waals surface area (Å²) in [5, 5.41) is 9.33. The van der Waals surface area contributed by atoms with Crippen molar-refractivity contribution in [1.82, 2.24) is 15.5 Å². The number of aromatic nitrogens is 2. The second-order valence-corrected chi connectivity index (χ2v) is 3.26. The minimum absolute atomic E-state index is 0.0922. The van der Waals surface area contributed by atoms with Crippen LogP contribution in [-0.4, -0.2) is 35.7 Å². The maximum Gasteiger partial charge on any atom is 0.221 e. The number of nitrogens with two attached hydrogens (primary N) is 1. The van der Waals surface area contributed by atoms with E-state index in [2.05, 4.69) is 20.4 Å². The van der Waals surface area contributed by atoms with E-state index < -0.39 is 0 Å². The molecule has 6 heteroatoms. The van der Waals surface area contributed by atoms with Crippen LogP contribution >= 0.6 is 0 Å². The summed E-state index contributed by atoms with van der Waals surface area (Å²) in [7, 11) is 0. The van der Waals surface area contributed by atoms with Gasteiger partial charge in [-0.1, -0.05) is 0 Å². The van der Waals surface area contributed by atoms with Crippen LogP contribution in [0.3, 0.4) is 0 Å². The molecular formula is C8H13N5O. The van der Waals surface area contributed by atoms with Crippen molar-refractivity contribution in [2.24, 2.45) is 0 Å². The lowest BCUT2D eigenvalue weighted by Crippen LogP contribution is -2.28. The largest absolute Gasteiger partial charge is 0.382 e. The third-order valence-electron chi connectivity index (χ3n) is 2.30. The highest BCUT2D eigenvalue weighted by molar-refractivity contribution is 5.77. The lowest BCUT2D eigenvalue weighted by Gasteiger charge is -2.19. The number of amides is 1. The normalized spacial score (nSPS) is 17.7. The molecule has 6 nitrogen and oxygen atoms in total. The zero-order valence-corrected chi connectivity index (χ0v) is 7.79. The van der Waals surface area contributed by atoms with Crippen LogP contribution in [-0.2, 0) is 4.79 Å². The van der Waals surface area contributed by atoms with Gasteiger partial charge in [-0.05, 0) is 0 Å². The maximum absolute atomic E-state index is 11.1. The first kappa shape index (κ1) is 8.86. The molecule has 1 aliphatic heterocycles. The maximum atomic E-state index is 11.1. The Bertz CT molecular complexity index is 334. The van der Waals surface area contributed by atoms with E-state index in [9.17, 15) is 4.79 Å². The van der Waals surface area contributed by atoms with Gasteiger partial charge in [0.05, 0.1) is 11.9 Å². The first-order valence-corrected chi connectivity index (χ1v) is 4.58. The van der Waals surface area contributed by atoms with E-state index in [4.69, 9.17) is 5.73 Å². The molecule has 1 fully saturated rings. The number of nitrogens with one attached hydrogen (secondary N) is 2. The summed E-state index contributed by atoms with van der Waals surface area (Å²) >= 11 is 0. The molecule has 76 valence electrons. The molecule has 1 aliphatic rings. The molecule has 2 heterocycles. The van der Waals surface area contributed by atoms with Crippen molar-refractivity contribution in [3.8, 4) is 0 Å². The van der Waals surface area contributed by atoms with Crippen LogP contribution in [0.1, 0.15) is 6.42 Å². The van der Waals surface area contributed by atoms with E-state index in [0.29, 0.717) is 25.3 Å². The summed E-state index contributed by atoms with van der Waals surface area (Å²) in [6.45, 7) is 2.12. The molecule has 0 radical (unpaired) electrons. The molecule has 0 spiro atoms. The molecule has 1 aromatic rings. The fourth-order valence-electron chi connectivity index (χ4n) is 1.55. The third-order valence-corrected chi connectivity index (χ3v) is 2.30. The lowest BCUT2D eigenvalue weighted by molar-refractivity contribution is -0.120. The van der Waals surface area contributed by atoms with Crippen molar-refractivity contribution < 1.29 is 4.79 Å². The van der Waals surface area contributed by atoms with Gasteiger partial charge < -0.3 is 16.0 Å². The highest BCUT2D eigenvalue weighted by atomic mass is 16.1. The Hall–Kier alpha value is -1.72. The quantitative estimate of drug-likeness (QED) is 0.554. The number of carbonyl (C=O) groups is 1. The Balaban J connectivity index is 2.11. The Morgan fingerprint density at radius 3 is 3.07 bits per heavy atom. The van der Waals surface area contributed by atoms with Crippen molar-refractivity contribution in [2.75, 3.05) is 30.3 Å². The molecule has 0 saturated carbocycles. The van der Waals surface area contributed by atoms with Crippen LogP contribution in [0.25, 0.3) is 0 Å². The van der Waals surface area contributed by atoms with E-state index in [0.717, 1.165) is 12.2 Å². The third kappa shape index (κ3) is 1.63. The van der Waals surface area contributed by atoms with Gasteiger partial charge in [0.25, 0.3) is 0 Å². The van der Waals surface area contributed by atoms with E-state index in [1.165, 1.54) is 0 Å². The number of rotatable bonds is 1. The molecule has 14 heavy (non-hydrogen) atoms. The van der Waals surface area contributed by atoms with E-state index in [-0.39, 0.29) is 5.91 Å². The number of hydrogen-bond donors (Lipinski definition) is 3. The zero-order valence-electron chi connectivity index (χ0n) is 7.79. The SMILES string of the molecule is Nc1[nH]ncc1N1CCNC(=O)CC1. The average Bonchev–Trinajstić information content (AvgIpc) is 2.46. The second kappa shape index (κ2) is 3.57. The predicted molar refractivity (Wildman–Crippen MR) is 52.8 cm³/mol. The van der Waals surface area contributed by atoms with Gasteiger partial charge in [0.1, 0.15) is 5.82 Å². The van der Waals surface area contributed by atoms with Crippen LogP contribution < -0.4 is 16.0 Å². The lowest BCUT2D eigenvalue weighted by atomic mass is 10.3. The molecule has 0 aromatic carbocycles. The van der Waals surface area contributed by atoms with Gasteiger partial charge in [0, 0.05) is 26.1 Å². The summed E-state index contributed by atoms with van der Waals surface area (Å²) in [6.07, 6.45) is 2.19. The first-order valence-electron chi connectivity index (χ1n) is 4.58. The Morgan fingerprint density at radius 1 is 1.50 bits per heavy atom. The van der Waals surface area contributed by atoms with Crippen LogP contribution in [0.4, 0.5) is 11.5 Å². The molecule has 1 amide bonds. The Kier molecular flexibility index (Phi) is 2.26. The van der Waals surface area contributed by atoms with Gasteiger partial charge in [-0.25, -0.2) is 0 Å². The average molecular weight is 195 g/mol.